The van der Waals surface area contributed by atoms with E-state index in [1.54, 1.807) is 6.92 Å². The number of rotatable bonds is 5. The van der Waals surface area contributed by atoms with Gasteiger partial charge in [0.15, 0.2) is 0 Å². The normalized spacial score (nSPS) is 17.7. The highest BCUT2D eigenvalue weighted by atomic mass is 32.2. The molecule has 0 bridgehead atoms. The van der Waals surface area contributed by atoms with E-state index >= 15 is 0 Å². The van der Waals surface area contributed by atoms with Crippen LogP contribution in [0.5, 0.6) is 0 Å². The maximum absolute atomic E-state index is 12.9. The summed E-state index contributed by atoms with van der Waals surface area (Å²) >= 11 is 0. The molecule has 1 fully saturated rings. The second-order valence-corrected chi connectivity index (χ2v) is 6.67. The van der Waals surface area contributed by atoms with Gasteiger partial charge in [0.05, 0.1) is 4.90 Å². The Morgan fingerprint density at radius 3 is 2.61 bits per heavy atom. The summed E-state index contributed by atoms with van der Waals surface area (Å²) < 4.78 is 39.7. The molecule has 6 heteroatoms. The maximum Gasteiger partial charge on any atom is 0.240 e. The zero-order chi connectivity index (χ0) is 13.4. The van der Waals surface area contributed by atoms with Gasteiger partial charge in [-0.2, -0.15) is 0 Å². The second kappa shape index (κ2) is 4.60. The number of hydrogen-bond acceptors (Lipinski definition) is 3. The van der Waals surface area contributed by atoms with Crippen LogP contribution in [0.4, 0.5) is 4.39 Å². The summed E-state index contributed by atoms with van der Waals surface area (Å²) in [4.78, 5) is 0.122. The molecule has 1 saturated carbocycles. The largest absolute Gasteiger partial charge is 0.330 e. The summed E-state index contributed by atoms with van der Waals surface area (Å²) in [5.74, 6) is -0.438. The van der Waals surface area contributed by atoms with Crippen LogP contribution in [-0.2, 0) is 10.0 Å². The van der Waals surface area contributed by atoms with E-state index in [0.717, 1.165) is 18.9 Å². The molecule has 1 aliphatic carbocycles. The van der Waals surface area contributed by atoms with E-state index < -0.39 is 15.8 Å². The van der Waals surface area contributed by atoms with Crippen molar-refractivity contribution in [2.75, 3.05) is 13.1 Å². The SMILES string of the molecule is Cc1cc(F)ccc1S(=O)(=O)NCC1(CN)CC1. The van der Waals surface area contributed by atoms with Crippen molar-refractivity contribution in [2.45, 2.75) is 24.7 Å². The number of nitrogens with two attached hydrogens (primary N) is 1. The van der Waals surface area contributed by atoms with Crippen LogP contribution in [0.1, 0.15) is 18.4 Å². The summed E-state index contributed by atoms with van der Waals surface area (Å²) in [5, 5.41) is 0. The molecular weight excluding hydrogens is 255 g/mol. The van der Waals surface area contributed by atoms with Gasteiger partial charge in [-0.25, -0.2) is 17.5 Å². The summed E-state index contributed by atoms with van der Waals surface area (Å²) in [6, 6.07) is 3.65. The highest BCUT2D eigenvalue weighted by molar-refractivity contribution is 7.89. The lowest BCUT2D eigenvalue weighted by Gasteiger charge is -2.14. The minimum absolute atomic E-state index is 0.0684. The highest BCUT2D eigenvalue weighted by Gasteiger charge is 2.41. The number of nitrogens with one attached hydrogen (secondary N) is 1. The quantitative estimate of drug-likeness (QED) is 0.844. The van der Waals surface area contributed by atoms with Crippen LogP contribution < -0.4 is 10.5 Å². The van der Waals surface area contributed by atoms with Crippen molar-refractivity contribution >= 4 is 10.0 Å². The highest BCUT2D eigenvalue weighted by Crippen LogP contribution is 2.43. The first-order valence-corrected chi connectivity index (χ1v) is 7.33. The predicted molar refractivity (Wildman–Crippen MR) is 67.0 cm³/mol. The average Bonchev–Trinajstić information content (AvgIpc) is 3.07. The van der Waals surface area contributed by atoms with Gasteiger partial charge in [-0.1, -0.05) is 0 Å². The van der Waals surface area contributed by atoms with Crippen molar-refractivity contribution in [3.05, 3.63) is 29.6 Å². The molecule has 0 aliphatic heterocycles. The smallest absolute Gasteiger partial charge is 0.240 e. The van der Waals surface area contributed by atoms with Gasteiger partial charge < -0.3 is 5.73 Å². The van der Waals surface area contributed by atoms with Crippen LogP contribution in [0.3, 0.4) is 0 Å². The van der Waals surface area contributed by atoms with Crippen LogP contribution in [-0.4, -0.2) is 21.5 Å². The second-order valence-electron chi connectivity index (χ2n) is 4.94. The molecule has 0 spiro atoms. The molecule has 18 heavy (non-hydrogen) atoms. The third-order valence-corrected chi connectivity index (χ3v) is 5.02. The Morgan fingerprint density at radius 2 is 2.11 bits per heavy atom. The number of sulfonamides is 1. The van der Waals surface area contributed by atoms with E-state index in [1.807, 2.05) is 0 Å². The van der Waals surface area contributed by atoms with Gasteiger partial charge in [-0.3, -0.25) is 0 Å². The van der Waals surface area contributed by atoms with Crippen molar-refractivity contribution in [1.29, 1.82) is 0 Å². The van der Waals surface area contributed by atoms with Gasteiger partial charge in [0.2, 0.25) is 10.0 Å². The molecule has 100 valence electrons. The zero-order valence-electron chi connectivity index (χ0n) is 10.2. The fourth-order valence-corrected chi connectivity index (χ4v) is 3.25. The number of aryl methyl sites for hydroxylation is 1. The first kappa shape index (κ1) is 13.5. The Balaban J connectivity index is 2.15. The van der Waals surface area contributed by atoms with E-state index in [9.17, 15) is 12.8 Å². The lowest BCUT2D eigenvalue weighted by Crippen LogP contribution is -2.34. The number of halogens is 1. The Bertz CT molecular complexity index is 553. The predicted octanol–water partition coefficient (Wildman–Crippen LogP) is 1.15. The molecule has 0 aromatic heterocycles. The molecule has 0 heterocycles. The Kier molecular flexibility index (Phi) is 3.44. The molecule has 1 aromatic rings. The molecule has 1 aliphatic rings. The topological polar surface area (TPSA) is 72.2 Å². The molecule has 0 atom stereocenters. The van der Waals surface area contributed by atoms with Gasteiger partial charge in [0, 0.05) is 6.54 Å². The average molecular weight is 272 g/mol. The first-order chi connectivity index (χ1) is 8.38. The zero-order valence-corrected chi connectivity index (χ0v) is 11.1. The van der Waals surface area contributed by atoms with Crippen molar-refractivity contribution in [2.24, 2.45) is 11.1 Å². The Morgan fingerprint density at radius 1 is 1.44 bits per heavy atom. The number of benzene rings is 1. The molecule has 0 saturated heterocycles. The fourth-order valence-electron chi connectivity index (χ4n) is 1.87. The van der Waals surface area contributed by atoms with Gasteiger partial charge in [-0.15, -0.1) is 0 Å². The lowest BCUT2D eigenvalue weighted by molar-refractivity contribution is 0.500. The van der Waals surface area contributed by atoms with E-state index in [4.69, 9.17) is 5.73 Å². The number of hydrogen-bond donors (Lipinski definition) is 2. The van der Waals surface area contributed by atoms with Crippen molar-refractivity contribution < 1.29 is 12.8 Å². The molecule has 0 unspecified atom stereocenters. The Hall–Kier alpha value is -0.980. The van der Waals surface area contributed by atoms with Gasteiger partial charge >= 0.3 is 0 Å². The summed E-state index contributed by atoms with van der Waals surface area (Å²) in [6.07, 6.45) is 1.91. The third kappa shape index (κ3) is 2.71. The van der Waals surface area contributed by atoms with Crippen LogP contribution >= 0.6 is 0 Å². The van der Waals surface area contributed by atoms with Crippen molar-refractivity contribution in [1.82, 2.24) is 4.72 Å². The minimum Gasteiger partial charge on any atom is -0.330 e. The van der Waals surface area contributed by atoms with E-state index in [0.29, 0.717) is 18.7 Å². The fraction of sp³-hybridized carbons (Fsp3) is 0.500. The molecule has 3 N–H and O–H groups in total. The molecule has 2 rings (SSSR count). The third-order valence-electron chi connectivity index (χ3n) is 3.45. The van der Waals surface area contributed by atoms with Gasteiger partial charge in [-0.05, 0) is 55.5 Å². The van der Waals surface area contributed by atoms with Gasteiger partial charge in [0.1, 0.15) is 5.82 Å². The van der Waals surface area contributed by atoms with Crippen molar-refractivity contribution in [3.8, 4) is 0 Å². The standard InChI is InChI=1S/C12H17FN2O2S/c1-9-6-10(13)2-3-11(9)18(16,17)15-8-12(7-14)4-5-12/h2-3,6,15H,4-5,7-8,14H2,1H3. The van der Waals surface area contributed by atoms with Crippen molar-refractivity contribution in [3.63, 3.8) is 0 Å². The summed E-state index contributed by atoms with van der Waals surface area (Å²) in [7, 11) is -3.58. The lowest BCUT2D eigenvalue weighted by atomic mass is 10.1. The van der Waals surface area contributed by atoms with Crippen LogP contribution in [0.25, 0.3) is 0 Å². The molecule has 1 aromatic carbocycles. The molecule has 0 amide bonds. The van der Waals surface area contributed by atoms with E-state index in [2.05, 4.69) is 4.72 Å². The molecular formula is C12H17FN2O2S. The molecule has 0 radical (unpaired) electrons. The van der Waals surface area contributed by atoms with Crippen LogP contribution in [0.15, 0.2) is 23.1 Å². The van der Waals surface area contributed by atoms with Crippen LogP contribution in [0.2, 0.25) is 0 Å². The summed E-state index contributed by atoms with van der Waals surface area (Å²) in [5.41, 5.74) is 5.94. The monoisotopic (exact) mass is 272 g/mol. The minimum atomic E-state index is -3.58. The summed E-state index contributed by atoms with van der Waals surface area (Å²) in [6.45, 7) is 2.41. The Labute approximate surface area is 106 Å². The maximum atomic E-state index is 12.9. The first-order valence-electron chi connectivity index (χ1n) is 5.84. The van der Waals surface area contributed by atoms with Crippen LogP contribution in [0, 0.1) is 18.2 Å². The van der Waals surface area contributed by atoms with Gasteiger partial charge in [0.25, 0.3) is 0 Å². The molecule has 4 nitrogen and oxygen atoms in total. The van der Waals surface area contributed by atoms with E-state index in [1.165, 1.54) is 12.1 Å². The van der Waals surface area contributed by atoms with E-state index in [-0.39, 0.29) is 10.3 Å².